The zero-order valence-corrected chi connectivity index (χ0v) is 40.1. The highest BCUT2D eigenvalue weighted by Crippen LogP contribution is 2.31. The fraction of sp³-hybridized carbons (Fsp3) is 0. The van der Waals surface area contributed by atoms with Gasteiger partial charge in [0.15, 0.2) is 11.6 Å². The highest BCUT2D eigenvalue weighted by Gasteiger charge is 2.18. The highest BCUT2D eigenvalue weighted by molar-refractivity contribution is 7.00. The van der Waals surface area contributed by atoms with Gasteiger partial charge in [0.1, 0.15) is 15.5 Å². The Bertz CT molecular complexity index is 3630. The van der Waals surface area contributed by atoms with E-state index in [0.29, 0.717) is 34.6 Å². The van der Waals surface area contributed by atoms with Crippen molar-refractivity contribution >= 4 is 31.5 Å². The third kappa shape index (κ3) is 12.2. The number of aliphatic imine (C=N–C) groups is 1. The first-order chi connectivity index (χ1) is 36.5. The van der Waals surface area contributed by atoms with Crippen LogP contribution < -0.4 is 0 Å². The molecule has 0 aliphatic heterocycles. The Labute approximate surface area is 426 Å². The summed E-state index contributed by atoms with van der Waals surface area (Å²) in [5.41, 5.74) is 9.05. The molecule has 73 heavy (non-hydrogen) atoms. The molecule has 0 saturated carbocycles. The van der Waals surface area contributed by atoms with E-state index in [4.69, 9.17) is 26.3 Å². The van der Waals surface area contributed by atoms with Gasteiger partial charge in [-0.3, -0.25) is 9.13 Å². The number of aromatic nitrogens is 11. The molecule has 0 aliphatic carbocycles. The molecule has 12 rings (SSSR count). The molecule has 0 unspecified atom stereocenters. The number of nitrogens with one attached hydrogen (secondary N) is 1. The van der Waals surface area contributed by atoms with Crippen molar-refractivity contribution in [3.8, 4) is 85.7 Å². The molecule has 4 aromatic heterocycles. The second kappa shape index (κ2) is 24.2. The fourth-order valence-corrected chi connectivity index (χ4v) is 7.43. The van der Waals surface area contributed by atoms with E-state index < -0.39 is 9.06 Å². The zero-order valence-electron chi connectivity index (χ0n) is 39.4. The Morgan fingerprint density at radius 2 is 0.808 bits per heavy atom. The van der Waals surface area contributed by atoms with Crippen molar-refractivity contribution in [3.05, 3.63) is 236 Å². The average molecular weight is 997 g/mol. The first-order valence-electron chi connectivity index (χ1n) is 22.9. The first kappa shape index (κ1) is 47.0. The van der Waals surface area contributed by atoms with Gasteiger partial charge in [0.25, 0.3) is 0 Å². The summed E-state index contributed by atoms with van der Waals surface area (Å²) < 4.78 is 27.9. The van der Waals surface area contributed by atoms with Crippen LogP contribution in [0, 0.1) is 0 Å². The maximum Gasteiger partial charge on any atom is 0.248 e. The van der Waals surface area contributed by atoms with E-state index in [0.717, 1.165) is 67.5 Å². The molecule has 0 radical (unpaired) electrons. The quantitative estimate of drug-likeness (QED) is 0.101. The summed E-state index contributed by atoms with van der Waals surface area (Å²) >= 11 is 6.09. The summed E-state index contributed by atoms with van der Waals surface area (Å²) in [7, 11) is -0.583. The number of tetrazole rings is 1. The molecule has 4 heterocycles. The summed E-state index contributed by atoms with van der Waals surface area (Å²) in [6, 6.07) is 74.4. The maximum atomic E-state index is 8.57. The number of nitrogens with zero attached hydrogens (tertiary/aromatic N) is 11. The van der Waals surface area contributed by atoms with Gasteiger partial charge in [-0.2, -0.15) is 5.21 Å². The number of rotatable bonds is 10. The molecule has 12 aromatic rings. The van der Waals surface area contributed by atoms with Gasteiger partial charge in [-0.15, -0.1) is 40.8 Å². The lowest BCUT2D eigenvalue weighted by molar-refractivity contribution is 0.584. The van der Waals surface area contributed by atoms with Gasteiger partial charge in [-0.05, 0) is 78.0 Å². The lowest BCUT2D eigenvalue weighted by atomic mass is 10.1. The van der Waals surface area contributed by atoms with Gasteiger partial charge in [-0.1, -0.05) is 169 Å². The summed E-state index contributed by atoms with van der Waals surface area (Å²) in [6.45, 7) is 0. The number of para-hydroxylation sites is 2. The molecule has 354 valence electrons. The summed E-state index contributed by atoms with van der Waals surface area (Å²) in [6.07, 6.45) is 0. The minimum atomic E-state index is -0.583. The minimum Gasteiger partial charge on any atom is -0.416 e. The van der Waals surface area contributed by atoms with E-state index in [9.17, 15) is 0 Å². The number of H-pyrrole nitrogens is 1. The van der Waals surface area contributed by atoms with Crippen LogP contribution in [0.2, 0.25) is 0 Å². The van der Waals surface area contributed by atoms with E-state index in [1.807, 2.05) is 218 Å². The smallest absolute Gasteiger partial charge is 0.248 e. The van der Waals surface area contributed by atoms with Gasteiger partial charge < -0.3 is 8.83 Å². The molecule has 0 bridgehead atoms. The zero-order chi connectivity index (χ0) is 50.7. The number of aromatic amines is 1. The second-order valence-corrected chi connectivity index (χ2v) is 15.8. The molecule has 17 heteroatoms. The van der Waals surface area contributed by atoms with E-state index in [2.05, 4.69) is 72.9 Å². The van der Waals surface area contributed by atoms with Crippen molar-refractivity contribution in [2.45, 2.75) is 0 Å². The molecule has 0 atom stereocenters. The molecule has 0 saturated heterocycles. The van der Waals surface area contributed by atoms with Crippen LogP contribution in [0.15, 0.2) is 244 Å². The molecule has 0 fully saturated rings. The van der Waals surface area contributed by atoms with Crippen LogP contribution >= 0.6 is 20.7 Å². The molecule has 0 amide bonds. The third-order valence-electron chi connectivity index (χ3n) is 10.7. The van der Waals surface area contributed by atoms with Gasteiger partial charge in [0, 0.05) is 50.2 Å². The van der Waals surface area contributed by atoms with Crippen molar-refractivity contribution in [1.82, 2.24) is 55.8 Å². The minimum absolute atomic E-state index is 0.471. The second-order valence-electron chi connectivity index (χ2n) is 15.4. The Kier molecular flexibility index (Phi) is 15.6. The number of hydrogen-bond donors (Lipinski definition) is 1. The van der Waals surface area contributed by atoms with E-state index >= 15 is 0 Å². The van der Waals surface area contributed by atoms with E-state index in [1.165, 1.54) is 0 Å². The fourth-order valence-electron chi connectivity index (χ4n) is 7.21. The monoisotopic (exact) mass is 996 g/mol. The van der Waals surface area contributed by atoms with Crippen molar-refractivity contribution in [3.63, 3.8) is 0 Å². The Balaban J connectivity index is 0.000000144. The molecule has 0 spiro atoms. The summed E-state index contributed by atoms with van der Waals surface area (Å²) in [5, 5.41) is 40.0. The molecule has 15 nitrogen and oxygen atoms in total. The largest absolute Gasteiger partial charge is 0.416 e. The summed E-state index contributed by atoms with van der Waals surface area (Å²) in [4.78, 5) is 4.31. The van der Waals surface area contributed by atoms with Crippen molar-refractivity contribution in [1.29, 1.82) is 1.28 Å². The standard InChI is InChI=1S/C28H19N5O.C15H10N6O.C13H10ClN.HOP/c1-4-10-20(11-5-1)25-29-30-26(33(25)24-14-8-3-9-15-24)21-16-18-23(19-17-21)28-32-31-27(34-28)22-12-6-2-7-13-22;1-2-4-11(5-3-1)14-18-19-15(22-14)12-8-6-10(7-9-12)13-16-20-21-17-13;14-13(11-7-3-1-4-8-11)15-12-9-5-2-6-10-12;1-2/h1-19H;1-9H,(H,16,17,20,21);1-10H;2H/i;;;2T. The van der Waals surface area contributed by atoms with Crippen molar-refractivity contribution < 1.29 is 13.4 Å². The summed E-state index contributed by atoms with van der Waals surface area (Å²) in [5.74, 6) is 4.02. The molecule has 0 aliphatic rings. The van der Waals surface area contributed by atoms with Crippen LogP contribution in [0.5, 0.6) is 0 Å². The van der Waals surface area contributed by atoms with Gasteiger partial charge in [-0.25, -0.2) is 4.99 Å². The number of hydrogen-bond acceptors (Lipinski definition) is 13. The average Bonchev–Trinajstić information content (AvgIpc) is 4.35. The predicted molar refractivity (Wildman–Crippen MR) is 283 cm³/mol. The first-order valence-corrected chi connectivity index (χ1v) is 23.2. The molecular weight excluding hydrogens is 955 g/mol. The lowest BCUT2D eigenvalue weighted by Crippen LogP contribution is -2.00. The Hall–Kier alpha value is -9.69. The van der Waals surface area contributed by atoms with Gasteiger partial charge in [0.05, 0.1) is 5.69 Å². The van der Waals surface area contributed by atoms with Crippen LogP contribution in [-0.2, 0) is 4.57 Å². The van der Waals surface area contributed by atoms with Crippen molar-refractivity contribution in [2.24, 2.45) is 4.99 Å². The van der Waals surface area contributed by atoms with Crippen LogP contribution in [0.3, 0.4) is 0 Å². The predicted octanol–water partition coefficient (Wildman–Crippen LogP) is 13.4. The molecule has 1 N–H and O–H groups in total. The van der Waals surface area contributed by atoms with E-state index in [-0.39, 0.29) is 0 Å². The molecule has 8 aromatic carbocycles. The van der Waals surface area contributed by atoms with Crippen LogP contribution in [0.25, 0.3) is 85.7 Å². The topological polar surface area (TPSA) is 192 Å². The Morgan fingerprint density at radius 1 is 0.452 bits per heavy atom. The SMILES string of the molecule is ClC(=Nc1ccccc1)c1ccccc1.[3H]P=O.c1ccc(-c2nnc(-c3ccc(-c4nn[nH]n4)cc3)o2)cc1.c1ccc(-c2nnc(-c3ccc(-c4nnc(-c5ccccc5)n4-c4ccccc4)cc3)o2)cc1. The van der Waals surface area contributed by atoms with Crippen molar-refractivity contribution in [2.75, 3.05) is 0 Å². The Morgan fingerprint density at radius 3 is 1.25 bits per heavy atom. The number of halogens is 1. The van der Waals surface area contributed by atoms with Crippen LogP contribution in [-0.4, -0.2) is 62.2 Å². The molecular formula is C56H40ClN12O3P. The highest BCUT2D eigenvalue weighted by atomic mass is 35.5. The van der Waals surface area contributed by atoms with Crippen LogP contribution in [0.4, 0.5) is 5.69 Å². The maximum absolute atomic E-state index is 8.57. The third-order valence-corrected chi connectivity index (χ3v) is 11.0. The lowest BCUT2D eigenvalue weighted by Gasteiger charge is -2.11. The van der Waals surface area contributed by atoms with E-state index in [1.54, 1.807) is 0 Å². The van der Waals surface area contributed by atoms with Gasteiger partial charge >= 0.3 is 0 Å². The van der Waals surface area contributed by atoms with Crippen LogP contribution in [0.1, 0.15) is 5.56 Å². The number of benzene rings is 8. The normalized spacial score (nSPS) is 11.0. The van der Waals surface area contributed by atoms with Gasteiger partial charge in [0.2, 0.25) is 29.4 Å².